The first-order valence-corrected chi connectivity index (χ1v) is 4.56. The number of aryl methyl sites for hydroxylation is 2. The molecule has 1 aromatic heterocycles. The zero-order valence-corrected chi connectivity index (χ0v) is 10.4. The van der Waals surface area contributed by atoms with Crippen molar-refractivity contribution in [3.63, 3.8) is 0 Å². The third-order valence-electron chi connectivity index (χ3n) is 1.27. The lowest BCUT2D eigenvalue weighted by molar-refractivity contribution is 0.616. The summed E-state index contributed by atoms with van der Waals surface area (Å²) in [6.07, 6.45) is 1.81. The number of aromatic nitrogens is 1. The maximum atomic E-state index is 8.81. The van der Waals surface area contributed by atoms with Crippen molar-refractivity contribution >= 4 is 35.7 Å². The molecular formula is C7H14Cl2N2O2S. The van der Waals surface area contributed by atoms with Crippen LogP contribution in [0, 0.1) is 13.8 Å². The van der Waals surface area contributed by atoms with Crippen LogP contribution in [0.4, 0.5) is 0 Å². The Morgan fingerprint density at radius 1 is 1.29 bits per heavy atom. The maximum Gasteiger partial charge on any atom is 0.198 e. The molecule has 0 aromatic carbocycles. The van der Waals surface area contributed by atoms with Gasteiger partial charge in [0.05, 0.1) is 0 Å². The zero-order chi connectivity index (χ0) is 9.56. The van der Waals surface area contributed by atoms with Crippen LogP contribution in [0.1, 0.15) is 11.3 Å². The minimum Gasteiger partial charge on any atom is -0.261 e. The maximum absolute atomic E-state index is 8.81. The molecule has 0 spiro atoms. The molecule has 0 saturated carbocycles. The highest BCUT2D eigenvalue weighted by molar-refractivity contribution is 7.69. The van der Waals surface area contributed by atoms with E-state index in [0.717, 1.165) is 5.69 Å². The van der Waals surface area contributed by atoms with Gasteiger partial charge in [0.2, 0.25) is 0 Å². The van der Waals surface area contributed by atoms with Gasteiger partial charge in [0.25, 0.3) is 0 Å². The highest BCUT2D eigenvalue weighted by Gasteiger charge is 1.85. The van der Waals surface area contributed by atoms with Gasteiger partial charge in [0, 0.05) is 11.9 Å². The summed E-state index contributed by atoms with van der Waals surface area (Å²) in [4.78, 5) is 4.08. The Labute approximate surface area is 97.8 Å². The predicted molar refractivity (Wildman–Crippen MR) is 62.7 cm³/mol. The van der Waals surface area contributed by atoms with Gasteiger partial charge in [-0.3, -0.25) is 4.98 Å². The number of halogens is 2. The van der Waals surface area contributed by atoms with Crippen molar-refractivity contribution in [2.24, 2.45) is 5.14 Å². The van der Waals surface area contributed by atoms with Crippen LogP contribution in [0.3, 0.4) is 0 Å². The normalized spacial score (nSPS) is 7.71. The van der Waals surface area contributed by atoms with E-state index < -0.39 is 10.9 Å². The minimum atomic E-state index is -2.62. The van der Waals surface area contributed by atoms with Crippen LogP contribution in [0.25, 0.3) is 0 Å². The Morgan fingerprint density at radius 2 is 1.71 bits per heavy atom. The van der Waals surface area contributed by atoms with Crippen LogP contribution in [0.15, 0.2) is 18.3 Å². The van der Waals surface area contributed by atoms with E-state index in [1.165, 1.54) is 5.56 Å². The Morgan fingerprint density at radius 3 is 1.93 bits per heavy atom. The van der Waals surface area contributed by atoms with E-state index in [2.05, 4.69) is 23.1 Å². The molecule has 0 unspecified atom stereocenters. The quantitative estimate of drug-likeness (QED) is 0.684. The van der Waals surface area contributed by atoms with Gasteiger partial charge in [-0.25, -0.2) is 13.6 Å². The molecule has 1 aromatic rings. The molecule has 0 atom stereocenters. The van der Waals surface area contributed by atoms with Crippen LogP contribution in [-0.2, 0) is 10.9 Å². The number of pyridine rings is 1. The lowest BCUT2D eigenvalue weighted by Gasteiger charge is -1.92. The molecule has 0 amide bonds. The van der Waals surface area contributed by atoms with Crippen LogP contribution in [0.5, 0.6) is 0 Å². The van der Waals surface area contributed by atoms with Gasteiger partial charge in [-0.1, -0.05) is 6.07 Å². The summed E-state index contributed by atoms with van der Waals surface area (Å²) >= 11 is 0. The van der Waals surface area contributed by atoms with Crippen molar-refractivity contribution in [2.75, 3.05) is 0 Å². The number of nitrogens with two attached hydrogens (primary N) is 1. The molecule has 0 aliphatic rings. The second kappa shape index (κ2) is 10.7. The molecule has 7 heteroatoms. The van der Waals surface area contributed by atoms with Gasteiger partial charge in [0.15, 0.2) is 10.9 Å². The van der Waals surface area contributed by atoms with Gasteiger partial charge >= 0.3 is 0 Å². The number of hydrogen-bond acceptors (Lipinski definition) is 3. The van der Waals surface area contributed by atoms with E-state index >= 15 is 0 Å². The molecule has 0 saturated heterocycles. The van der Waals surface area contributed by atoms with E-state index in [4.69, 9.17) is 8.42 Å². The third-order valence-corrected chi connectivity index (χ3v) is 1.27. The lowest BCUT2D eigenvalue weighted by Crippen LogP contribution is -1.85. The van der Waals surface area contributed by atoms with Crippen molar-refractivity contribution in [1.29, 1.82) is 0 Å². The molecule has 84 valence electrons. The van der Waals surface area contributed by atoms with E-state index in [0.29, 0.717) is 0 Å². The van der Waals surface area contributed by atoms with Gasteiger partial charge < -0.3 is 0 Å². The summed E-state index contributed by atoms with van der Waals surface area (Å²) in [6, 6.07) is 4.00. The molecule has 2 N–H and O–H groups in total. The van der Waals surface area contributed by atoms with E-state index in [1.54, 1.807) is 0 Å². The summed E-state index contributed by atoms with van der Waals surface area (Å²) in [6.45, 7) is 4.07. The Kier molecular flexibility index (Phi) is 14.7. The zero-order valence-electron chi connectivity index (χ0n) is 7.84. The number of rotatable bonds is 0. The molecule has 14 heavy (non-hydrogen) atoms. The third kappa shape index (κ3) is 11.6. The average Bonchev–Trinajstić information content (AvgIpc) is 1.94. The minimum absolute atomic E-state index is 0. The second-order valence-electron chi connectivity index (χ2n) is 2.19. The van der Waals surface area contributed by atoms with Gasteiger partial charge in [-0.2, -0.15) is 0 Å². The first-order chi connectivity index (χ1) is 5.54. The van der Waals surface area contributed by atoms with E-state index in [9.17, 15) is 0 Å². The second-order valence-corrected chi connectivity index (χ2v) is 2.76. The van der Waals surface area contributed by atoms with Crippen molar-refractivity contribution < 1.29 is 8.42 Å². The Balaban J connectivity index is -0.000000180. The van der Waals surface area contributed by atoms with Crippen molar-refractivity contribution in [3.8, 4) is 0 Å². The Bertz CT molecular complexity index is 289. The summed E-state index contributed by atoms with van der Waals surface area (Å²) in [5, 5.41) is 4.06. The molecule has 0 radical (unpaired) electrons. The van der Waals surface area contributed by atoms with Crippen LogP contribution >= 0.6 is 24.8 Å². The molecule has 1 heterocycles. The number of hydrogen-bond donors (Lipinski definition) is 2. The van der Waals surface area contributed by atoms with Crippen LogP contribution in [-0.4, -0.2) is 13.4 Å². The fraction of sp³-hybridized carbons (Fsp3) is 0.286. The SMILES string of the molecule is Cc1cccnc1C.Cl.Cl.N[SH](=O)=O. The molecule has 0 aliphatic carbocycles. The summed E-state index contributed by atoms with van der Waals surface area (Å²) in [7, 11) is -2.62. The number of nitrogens with zero attached hydrogens (tertiary/aromatic N) is 1. The molecule has 0 bridgehead atoms. The largest absolute Gasteiger partial charge is 0.261 e. The first kappa shape index (κ1) is 19.2. The topological polar surface area (TPSA) is 73.0 Å². The number of thiol groups is 1. The highest BCUT2D eigenvalue weighted by atomic mass is 35.5. The standard InChI is InChI=1S/C7H9N.2ClH.H3NO2S/c1-6-4-3-5-8-7(6)2;;;1-4(2)3/h3-5H,1-2H3;2*1H;4H,(H2,1,2,3). The molecule has 1 rings (SSSR count). The summed E-state index contributed by atoms with van der Waals surface area (Å²) < 4.78 is 17.6. The summed E-state index contributed by atoms with van der Waals surface area (Å²) in [5.74, 6) is 0. The fourth-order valence-corrected chi connectivity index (χ4v) is 0.565. The molecule has 0 aliphatic heterocycles. The molecule has 0 fully saturated rings. The Hall–Kier alpha value is -0.360. The average molecular weight is 261 g/mol. The van der Waals surface area contributed by atoms with E-state index in [1.807, 2.05) is 19.2 Å². The van der Waals surface area contributed by atoms with Crippen molar-refractivity contribution in [3.05, 3.63) is 29.6 Å². The van der Waals surface area contributed by atoms with Gasteiger partial charge in [-0.05, 0) is 25.5 Å². The van der Waals surface area contributed by atoms with Crippen LogP contribution in [0.2, 0.25) is 0 Å². The van der Waals surface area contributed by atoms with Gasteiger partial charge in [-0.15, -0.1) is 24.8 Å². The lowest BCUT2D eigenvalue weighted by atomic mass is 10.2. The van der Waals surface area contributed by atoms with Crippen LogP contribution < -0.4 is 5.14 Å². The van der Waals surface area contributed by atoms with E-state index in [-0.39, 0.29) is 24.8 Å². The van der Waals surface area contributed by atoms with Crippen molar-refractivity contribution in [2.45, 2.75) is 13.8 Å². The van der Waals surface area contributed by atoms with Gasteiger partial charge in [0.1, 0.15) is 0 Å². The molecular weight excluding hydrogens is 247 g/mol. The van der Waals surface area contributed by atoms with Crippen molar-refractivity contribution in [1.82, 2.24) is 4.98 Å². The smallest absolute Gasteiger partial charge is 0.198 e. The predicted octanol–water partition coefficient (Wildman–Crippen LogP) is 1.01. The molecule has 4 nitrogen and oxygen atoms in total. The summed E-state index contributed by atoms with van der Waals surface area (Å²) in [5.41, 5.74) is 2.38. The fourth-order valence-electron chi connectivity index (χ4n) is 0.565. The highest BCUT2D eigenvalue weighted by Crippen LogP contribution is 1.98. The first-order valence-electron chi connectivity index (χ1n) is 3.31. The monoisotopic (exact) mass is 260 g/mol.